The molecule has 0 bridgehead atoms. The minimum atomic E-state index is -0.303. The molecule has 0 aliphatic heterocycles. The SMILES string of the molecule is O=C(CCCl)c1ccc(F)c(I)c1. The van der Waals surface area contributed by atoms with Gasteiger partial charge in [0.1, 0.15) is 5.82 Å². The first-order valence-corrected chi connectivity index (χ1v) is 5.30. The molecular formula is C9H7ClFIO. The fourth-order valence-electron chi connectivity index (χ4n) is 0.900. The summed E-state index contributed by atoms with van der Waals surface area (Å²) in [5, 5.41) is 0. The molecule has 4 heteroatoms. The highest BCUT2D eigenvalue weighted by molar-refractivity contribution is 14.1. The van der Waals surface area contributed by atoms with Crippen LogP contribution in [-0.4, -0.2) is 11.7 Å². The summed E-state index contributed by atoms with van der Waals surface area (Å²) < 4.78 is 13.3. The molecule has 1 nitrogen and oxygen atoms in total. The van der Waals surface area contributed by atoms with Gasteiger partial charge in [0.05, 0.1) is 0 Å². The van der Waals surface area contributed by atoms with E-state index in [1.165, 1.54) is 18.2 Å². The van der Waals surface area contributed by atoms with Crippen molar-refractivity contribution in [2.75, 3.05) is 5.88 Å². The number of Topliss-reactive ketones (excluding diaryl/α,β-unsaturated/α-hetero) is 1. The fraction of sp³-hybridized carbons (Fsp3) is 0.222. The van der Waals surface area contributed by atoms with E-state index in [1.54, 1.807) is 0 Å². The Hall–Kier alpha value is -0.160. The third-order valence-corrected chi connectivity index (χ3v) is 2.58. The first-order chi connectivity index (χ1) is 6.15. The molecular weight excluding hydrogens is 305 g/mol. The number of halogens is 3. The van der Waals surface area contributed by atoms with Crippen molar-refractivity contribution in [3.05, 3.63) is 33.1 Å². The van der Waals surface area contributed by atoms with Crippen LogP contribution in [0.1, 0.15) is 16.8 Å². The van der Waals surface area contributed by atoms with Crippen LogP contribution in [0.15, 0.2) is 18.2 Å². The van der Waals surface area contributed by atoms with Crippen molar-refractivity contribution in [3.63, 3.8) is 0 Å². The number of carbonyl (C=O) groups excluding carboxylic acids is 1. The molecule has 0 unspecified atom stereocenters. The second kappa shape index (κ2) is 4.91. The number of hydrogen-bond acceptors (Lipinski definition) is 1. The van der Waals surface area contributed by atoms with Gasteiger partial charge in [-0.2, -0.15) is 0 Å². The van der Waals surface area contributed by atoms with Crippen LogP contribution in [0, 0.1) is 9.39 Å². The summed E-state index contributed by atoms with van der Waals surface area (Å²) in [6.45, 7) is 0. The number of ketones is 1. The monoisotopic (exact) mass is 312 g/mol. The predicted octanol–water partition coefficient (Wildman–Crippen LogP) is 3.24. The molecule has 13 heavy (non-hydrogen) atoms. The zero-order chi connectivity index (χ0) is 9.84. The number of rotatable bonds is 3. The quantitative estimate of drug-likeness (QED) is 0.476. The molecule has 1 rings (SSSR count). The average Bonchev–Trinajstić information content (AvgIpc) is 2.10. The van der Waals surface area contributed by atoms with Crippen molar-refractivity contribution in [3.8, 4) is 0 Å². The lowest BCUT2D eigenvalue weighted by Crippen LogP contribution is -2.00. The molecule has 0 radical (unpaired) electrons. The normalized spacial score (nSPS) is 10.1. The summed E-state index contributed by atoms with van der Waals surface area (Å²) in [4.78, 5) is 11.3. The second-order valence-electron chi connectivity index (χ2n) is 2.49. The van der Waals surface area contributed by atoms with E-state index in [-0.39, 0.29) is 11.6 Å². The van der Waals surface area contributed by atoms with Gasteiger partial charge in [-0.25, -0.2) is 4.39 Å². The Morgan fingerprint density at radius 1 is 1.54 bits per heavy atom. The Morgan fingerprint density at radius 2 is 2.23 bits per heavy atom. The van der Waals surface area contributed by atoms with Gasteiger partial charge in [-0.1, -0.05) is 0 Å². The van der Waals surface area contributed by atoms with Gasteiger partial charge in [-0.15, -0.1) is 11.6 Å². The fourth-order valence-corrected chi connectivity index (χ4v) is 1.59. The molecule has 0 fully saturated rings. The van der Waals surface area contributed by atoms with Crippen molar-refractivity contribution in [1.29, 1.82) is 0 Å². The summed E-state index contributed by atoms with van der Waals surface area (Å²) in [7, 11) is 0. The smallest absolute Gasteiger partial charge is 0.164 e. The third kappa shape index (κ3) is 2.91. The van der Waals surface area contributed by atoms with Crippen molar-refractivity contribution < 1.29 is 9.18 Å². The van der Waals surface area contributed by atoms with Gasteiger partial charge in [-0.05, 0) is 40.8 Å². The number of carbonyl (C=O) groups is 1. The molecule has 0 saturated heterocycles. The molecule has 0 aromatic heterocycles. The van der Waals surface area contributed by atoms with Crippen molar-refractivity contribution >= 4 is 40.0 Å². The van der Waals surface area contributed by atoms with Crippen LogP contribution in [-0.2, 0) is 0 Å². The molecule has 1 aromatic carbocycles. The minimum absolute atomic E-state index is 0.0482. The number of benzene rings is 1. The highest BCUT2D eigenvalue weighted by atomic mass is 127. The van der Waals surface area contributed by atoms with Crippen LogP contribution in [0.5, 0.6) is 0 Å². The van der Waals surface area contributed by atoms with Gasteiger partial charge in [-0.3, -0.25) is 4.79 Å². The van der Waals surface area contributed by atoms with E-state index in [0.717, 1.165) is 0 Å². The Kier molecular flexibility index (Phi) is 4.12. The first kappa shape index (κ1) is 10.9. The maximum atomic E-state index is 12.8. The van der Waals surface area contributed by atoms with Gasteiger partial charge in [0.25, 0.3) is 0 Å². The Labute approximate surface area is 94.4 Å². The molecule has 0 atom stereocenters. The Bertz CT molecular complexity index is 327. The third-order valence-electron chi connectivity index (χ3n) is 1.56. The summed E-state index contributed by atoms with van der Waals surface area (Å²) in [5.74, 6) is -0.0526. The molecule has 0 N–H and O–H groups in total. The zero-order valence-corrected chi connectivity index (χ0v) is 9.60. The molecule has 0 heterocycles. The van der Waals surface area contributed by atoms with Gasteiger partial charge < -0.3 is 0 Å². The Balaban J connectivity index is 2.90. The van der Waals surface area contributed by atoms with Crippen LogP contribution < -0.4 is 0 Å². The molecule has 70 valence electrons. The van der Waals surface area contributed by atoms with Crippen LogP contribution >= 0.6 is 34.2 Å². The molecule has 0 aliphatic rings. The minimum Gasteiger partial charge on any atom is -0.294 e. The zero-order valence-electron chi connectivity index (χ0n) is 6.69. The maximum absolute atomic E-state index is 12.8. The number of hydrogen-bond donors (Lipinski definition) is 0. The summed E-state index contributed by atoms with van der Waals surface area (Å²) in [6.07, 6.45) is 0.295. The largest absolute Gasteiger partial charge is 0.294 e. The molecule has 0 spiro atoms. The van der Waals surface area contributed by atoms with Gasteiger partial charge >= 0.3 is 0 Å². The topological polar surface area (TPSA) is 17.1 Å². The van der Waals surface area contributed by atoms with E-state index in [4.69, 9.17) is 11.6 Å². The van der Waals surface area contributed by atoms with Crippen LogP contribution in [0.3, 0.4) is 0 Å². The highest BCUT2D eigenvalue weighted by Crippen LogP contribution is 2.14. The predicted molar refractivity (Wildman–Crippen MR) is 58.8 cm³/mol. The molecule has 0 amide bonds. The molecule has 1 aromatic rings. The van der Waals surface area contributed by atoms with Crippen LogP contribution in [0.2, 0.25) is 0 Å². The van der Waals surface area contributed by atoms with E-state index in [2.05, 4.69) is 0 Å². The van der Waals surface area contributed by atoms with Crippen molar-refractivity contribution in [2.45, 2.75) is 6.42 Å². The van der Waals surface area contributed by atoms with Crippen LogP contribution in [0.4, 0.5) is 4.39 Å². The van der Waals surface area contributed by atoms with Gasteiger partial charge in [0.2, 0.25) is 0 Å². The lowest BCUT2D eigenvalue weighted by Gasteiger charge is -1.99. The van der Waals surface area contributed by atoms with E-state index in [1.807, 2.05) is 22.6 Å². The van der Waals surface area contributed by atoms with Crippen molar-refractivity contribution in [2.24, 2.45) is 0 Å². The van der Waals surface area contributed by atoms with E-state index in [0.29, 0.717) is 21.4 Å². The highest BCUT2D eigenvalue weighted by Gasteiger charge is 2.07. The second-order valence-corrected chi connectivity index (χ2v) is 4.03. The van der Waals surface area contributed by atoms with Gasteiger partial charge in [0.15, 0.2) is 5.78 Å². The van der Waals surface area contributed by atoms with E-state index in [9.17, 15) is 9.18 Å². The summed E-state index contributed by atoms with van der Waals surface area (Å²) in [6, 6.07) is 4.31. The number of alkyl halides is 1. The molecule has 0 saturated carbocycles. The van der Waals surface area contributed by atoms with E-state index < -0.39 is 0 Å². The molecule has 0 aliphatic carbocycles. The van der Waals surface area contributed by atoms with Crippen LogP contribution in [0.25, 0.3) is 0 Å². The lowest BCUT2D eigenvalue weighted by molar-refractivity contribution is 0.0989. The van der Waals surface area contributed by atoms with E-state index >= 15 is 0 Å². The summed E-state index contributed by atoms with van der Waals surface area (Å²) >= 11 is 7.27. The maximum Gasteiger partial charge on any atom is 0.164 e. The first-order valence-electron chi connectivity index (χ1n) is 3.69. The summed E-state index contributed by atoms with van der Waals surface area (Å²) in [5.41, 5.74) is 0.520. The van der Waals surface area contributed by atoms with Gasteiger partial charge in [0, 0.05) is 21.4 Å². The van der Waals surface area contributed by atoms with Crippen molar-refractivity contribution in [1.82, 2.24) is 0 Å². The average molecular weight is 313 g/mol. The standard InChI is InChI=1S/C9H7ClFIO/c10-4-3-9(13)6-1-2-7(11)8(12)5-6/h1-2,5H,3-4H2. The Morgan fingerprint density at radius 3 is 2.77 bits per heavy atom. The lowest BCUT2D eigenvalue weighted by atomic mass is 10.1.